The van der Waals surface area contributed by atoms with E-state index in [1.54, 1.807) is 12.1 Å². The molecule has 0 aliphatic heterocycles. The van der Waals surface area contributed by atoms with Gasteiger partial charge in [-0.3, -0.25) is 4.79 Å². The van der Waals surface area contributed by atoms with E-state index >= 15 is 0 Å². The SMILES string of the molecule is C.C.COc1cc(OC)c(Cl)c(N)c1Cl.COc1cc(OC)c(Cl)c(NC(C)=O)c1Cl. The number of methoxy groups -OCH3 is 4. The summed E-state index contributed by atoms with van der Waals surface area (Å²) >= 11 is 23.7. The molecule has 0 bridgehead atoms. The monoisotopic (exact) mass is 516 g/mol. The van der Waals surface area contributed by atoms with Gasteiger partial charge < -0.3 is 30.0 Å². The number of anilines is 2. The van der Waals surface area contributed by atoms with Gasteiger partial charge in [0.2, 0.25) is 5.91 Å². The number of carbonyl (C=O) groups excluding carboxylic acids is 1. The largest absolute Gasteiger partial charge is 0.495 e. The smallest absolute Gasteiger partial charge is 0.221 e. The zero-order chi connectivity index (χ0) is 22.3. The fourth-order valence-corrected chi connectivity index (χ4v) is 3.17. The molecule has 176 valence electrons. The van der Waals surface area contributed by atoms with E-state index in [0.717, 1.165) is 0 Å². The number of ether oxygens (including phenoxy) is 4. The standard InChI is InChI=1S/C10H11Cl2NO3.C8H9Cl2NO2.2CH4/c1-5(14)13-10-8(11)6(15-2)4-7(16-3)9(10)12;1-12-4-3-5(13-2)7(10)8(11)6(4)9;;/h4H,1-3H3,(H,13,14);3H,11H2,1-2H3;2*1H4. The number of benzene rings is 2. The molecule has 11 heteroatoms. The molecule has 2 rings (SSSR count). The van der Waals surface area contributed by atoms with Crippen molar-refractivity contribution in [3.05, 3.63) is 32.2 Å². The van der Waals surface area contributed by atoms with Gasteiger partial charge in [-0.2, -0.15) is 0 Å². The molecule has 7 nitrogen and oxygen atoms in total. The van der Waals surface area contributed by atoms with Crippen LogP contribution in [-0.4, -0.2) is 34.3 Å². The molecule has 1 amide bonds. The normalized spacial score (nSPS) is 9.19. The van der Waals surface area contributed by atoms with Crippen molar-refractivity contribution >= 4 is 63.7 Å². The van der Waals surface area contributed by atoms with Crippen LogP contribution in [0.15, 0.2) is 12.1 Å². The van der Waals surface area contributed by atoms with Crippen molar-refractivity contribution < 1.29 is 23.7 Å². The summed E-state index contributed by atoms with van der Waals surface area (Å²) in [7, 11) is 5.92. The topological polar surface area (TPSA) is 92.0 Å². The second-order valence-corrected chi connectivity index (χ2v) is 6.80. The molecular formula is C20H28Cl4N2O5. The maximum Gasteiger partial charge on any atom is 0.221 e. The van der Waals surface area contributed by atoms with Crippen molar-refractivity contribution in [1.82, 2.24) is 0 Å². The van der Waals surface area contributed by atoms with Crippen LogP contribution in [-0.2, 0) is 4.79 Å². The van der Waals surface area contributed by atoms with Gasteiger partial charge in [-0.05, 0) is 0 Å². The lowest BCUT2D eigenvalue weighted by Gasteiger charge is -2.14. The van der Waals surface area contributed by atoms with Crippen molar-refractivity contribution in [3.8, 4) is 23.0 Å². The van der Waals surface area contributed by atoms with Crippen molar-refractivity contribution in [1.29, 1.82) is 0 Å². The molecule has 0 aliphatic carbocycles. The van der Waals surface area contributed by atoms with Gasteiger partial charge in [-0.25, -0.2) is 0 Å². The highest BCUT2D eigenvalue weighted by molar-refractivity contribution is 6.42. The minimum atomic E-state index is -0.279. The van der Waals surface area contributed by atoms with Crippen LogP contribution < -0.4 is 30.0 Å². The molecule has 3 N–H and O–H groups in total. The van der Waals surface area contributed by atoms with Gasteiger partial charge in [0.1, 0.15) is 43.1 Å². The molecular weight excluding hydrogens is 490 g/mol. The summed E-state index contributed by atoms with van der Waals surface area (Å²) in [5, 5.41) is 3.61. The summed E-state index contributed by atoms with van der Waals surface area (Å²) < 4.78 is 20.0. The van der Waals surface area contributed by atoms with Crippen molar-refractivity contribution in [3.63, 3.8) is 0 Å². The van der Waals surface area contributed by atoms with Crippen LogP contribution >= 0.6 is 46.4 Å². The average Bonchev–Trinajstić information content (AvgIpc) is 2.70. The highest BCUT2D eigenvalue weighted by Gasteiger charge is 2.17. The maximum atomic E-state index is 11.0. The number of hydrogen-bond donors (Lipinski definition) is 2. The number of hydrogen-bond acceptors (Lipinski definition) is 6. The zero-order valence-electron chi connectivity index (χ0n) is 16.3. The second-order valence-electron chi connectivity index (χ2n) is 5.29. The Hall–Kier alpha value is -1.93. The minimum absolute atomic E-state index is 0. The summed E-state index contributed by atoms with van der Waals surface area (Å²) in [5.74, 6) is 1.37. The Balaban J connectivity index is 0. The lowest BCUT2D eigenvalue weighted by molar-refractivity contribution is -0.114. The number of nitrogens with one attached hydrogen (secondary N) is 1. The van der Waals surface area contributed by atoms with E-state index in [4.69, 9.17) is 71.1 Å². The molecule has 2 aromatic rings. The summed E-state index contributed by atoms with van der Waals surface area (Å²) in [6.07, 6.45) is 0. The van der Waals surface area contributed by atoms with E-state index in [9.17, 15) is 4.79 Å². The van der Waals surface area contributed by atoms with Crippen LogP contribution in [0.5, 0.6) is 23.0 Å². The Bertz CT molecular complexity index is 838. The third kappa shape index (κ3) is 7.61. The van der Waals surface area contributed by atoms with Gasteiger partial charge in [-0.15, -0.1) is 0 Å². The molecule has 0 aromatic heterocycles. The minimum Gasteiger partial charge on any atom is -0.495 e. The number of rotatable bonds is 5. The molecule has 0 radical (unpaired) electrons. The number of carbonyl (C=O) groups is 1. The molecule has 0 atom stereocenters. The molecule has 0 heterocycles. The van der Waals surface area contributed by atoms with Crippen LogP contribution in [0, 0.1) is 0 Å². The second kappa shape index (κ2) is 14.2. The number of nitrogens with two attached hydrogens (primary N) is 1. The number of nitrogen functional groups attached to an aromatic ring is 1. The van der Waals surface area contributed by atoms with Gasteiger partial charge in [0, 0.05) is 19.1 Å². The Morgan fingerprint density at radius 2 is 1.03 bits per heavy atom. The summed E-state index contributed by atoms with van der Waals surface area (Å²) in [6.45, 7) is 1.36. The van der Waals surface area contributed by atoms with Crippen LogP contribution in [0.2, 0.25) is 20.1 Å². The number of halogens is 4. The Kier molecular flexibility index (Phi) is 14.3. The zero-order valence-corrected chi connectivity index (χ0v) is 19.3. The molecule has 0 unspecified atom stereocenters. The third-order valence-electron chi connectivity index (χ3n) is 3.48. The Morgan fingerprint density at radius 1 is 0.742 bits per heavy atom. The molecule has 0 saturated heterocycles. The van der Waals surface area contributed by atoms with Gasteiger partial charge in [0.05, 0.1) is 39.8 Å². The molecule has 0 aliphatic rings. The van der Waals surface area contributed by atoms with E-state index in [-0.39, 0.29) is 42.2 Å². The van der Waals surface area contributed by atoms with E-state index in [1.807, 2.05) is 0 Å². The molecule has 31 heavy (non-hydrogen) atoms. The van der Waals surface area contributed by atoms with Crippen LogP contribution in [0.25, 0.3) is 0 Å². The highest BCUT2D eigenvalue weighted by atomic mass is 35.5. The Labute approximate surface area is 203 Å². The van der Waals surface area contributed by atoms with Crippen LogP contribution in [0.1, 0.15) is 21.8 Å². The van der Waals surface area contributed by atoms with E-state index in [0.29, 0.717) is 33.0 Å². The van der Waals surface area contributed by atoms with Crippen LogP contribution in [0.4, 0.5) is 11.4 Å². The quantitative estimate of drug-likeness (QED) is 0.422. The first-order valence-electron chi connectivity index (χ1n) is 7.85. The van der Waals surface area contributed by atoms with Crippen molar-refractivity contribution in [2.75, 3.05) is 39.5 Å². The summed E-state index contributed by atoms with van der Waals surface area (Å²) in [5.41, 5.74) is 6.16. The van der Waals surface area contributed by atoms with E-state index < -0.39 is 0 Å². The lowest BCUT2D eigenvalue weighted by atomic mass is 10.2. The van der Waals surface area contributed by atoms with Gasteiger partial charge >= 0.3 is 0 Å². The van der Waals surface area contributed by atoms with E-state index in [2.05, 4.69) is 5.32 Å². The van der Waals surface area contributed by atoms with Crippen molar-refractivity contribution in [2.45, 2.75) is 21.8 Å². The average molecular weight is 518 g/mol. The fraction of sp³-hybridized carbons (Fsp3) is 0.350. The predicted molar refractivity (Wildman–Crippen MR) is 131 cm³/mol. The highest BCUT2D eigenvalue weighted by Crippen LogP contribution is 2.44. The van der Waals surface area contributed by atoms with Gasteiger partial charge in [0.15, 0.2) is 0 Å². The van der Waals surface area contributed by atoms with Gasteiger partial charge in [-0.1, -0.05) is 61.3 Å². The molecule has 2 aromatic carbocycles. The van der Waals surface area contributed by atoms with Crippen LogP contribution in [0.3, 0.4) is 0 Å². The maximum absolute atomic E-state index is 11.0. The first-order chi connectivity index (χ1) is 13.6. The number of amides is 1. The van der Waals surface area contributed by atoms with Crippen molar-refractivity contribution in [2.24, 2.45) is 0 Å². The third-order valence-corrected chi connectivity index (χ3v) is 5.01. The summed E-state index contributed by atoms with van der Waals surface area (Å²) in [4.78, 5) is 11.0. The first-order valence-corrected chi connectivity index (χ1v) is 9.36. The predicted octanol–water partition coefficient (Wildman–Crippen LogP) is 6.83. The van der Waals surface area contributed by atoms with Gasteiger partial charge in [0.25, 0.3) is 0 Å². The van der Waals surface area contributed by atoms with E-state index in [1.165, 1.54) is 35.4 Å². The fourth-order valence-electron chi connectivity index (χ4n) is 2.08. The lowest BCUT2D eigenvalue weighted by Crippen LogP contribution is -2.08. The Morgan fingerprint density at radius 3 is 1.29 bits per heavy atom. The molecule has 0 fully saturated rings. The molecule has 0 saturated carbocycles. The molecule has 0 spiro atoms. The summed E-state index contributed by atoms with van der Waals surface area (Å²) in [6, 6.07) is 3.14. The first kappa shape index (κ1) is 31.3.